The number of unbranched alkanes of at least 4 members (excludes halogenated alkanes) is 14. The number of hydrogen-bond acceptors (Lipinski definition) is 6. The van der Waals surface area contributed by atoms with E-state index in [0.29, 0.717) is 19.3 Å². The lowest BCUT2D eigenvalue weighted by Crippen LogP contribution is -2.50. The molecule has 0 heterocycles. The van der Waals surface area contributed by atoms with Crippen LogP contribution in [0.5, 0.6) is 0 Å². The maximum absolute atomic E-state index is 12.8. The molecule has 0 fully saturated rings. The first kappa shape index (κ1) is 63.0. The largest absolute Gasteiger partial charge is 0.477 e. The Morgan fingerprint density at radius 2 is 0.791 bits per heavy atom. The molecule has 0 spiro atoms. The van der Waals surface area contributed by atoms with Crippen molar-refractivity contribution in [3.8, 4) is 0 Å². The monoisotopic (exact) mass is 933 g/mol. The number of carboxylic acid groups (broad SMARTS) is 1. The van der Waals surface area contributed by atoms with Gasteiger partial charge in [-0.2, -0.15) is 0 Å². The molecule has 0 aliphatic heterocycles. The standard InChI is InChI=1S/C59H97NO7/c1-6-8-10-12-14-16-18-20-22-24-26-28-29-30-32-33-35-37-39-41-43-45-47-49-57(61)66-54-55(53-65-52-51-56(59(63)64)60(3,4)5)67-58(62)50-48-46-44-42-40-38-36-34-31-27-25-23-21-19-17-15-13-11-9-7-2/h8-11,14-17,20-23,26-28,31,36,38,55-56H,6-7,12-13,18-19,24-25,29-30,32-35,37,39-54H2,1-5H3/p+1/b10-8+,11-9+,16-14+,17-15+,22-20+,23-21+,28-26+,31-27+,38-36+. The minimum absolute atomic E-state index is 0.0427. The number of aliphatic carboxylic acids is 1. The highest BCUT2D eigenvalue weighted by atomic mass is 16.6. The fraction of sp³-hybridized carbons (Fsp3) is 0.644. The lowest BCUT2D eigenvalue weighted by Gasteiger charge is -2.31. The maximum atomic E-state index is 12.8. The molecule has 0 amide bonds. The Morgan fingerprint density at radius 3 is 1.16 bits per heavy atom. The fourth-order valence-corrected chi connectivity index (χ4v) is 7.17. The number of quaternary nitrogens is 1. The highest BCUT2D eigenvalue weighted by molar-refractivity contribution is 5.72. The minimum Gasteiger partial charge on any atom is -0.477 e. The number of likely N-dealkylation sites (N-methyl/N-ethyl adjacent to an activating group) is 1. The van der Waals surface area contributed by atoms with Crippen LogP contribution < -0.4 is 0 Å². The molecule has 0 saturated heterocycles. The molecule has 0 saturated carbocycles. The van der Waals surface area contributed by atoms with Gasteiger partial charge in [-0.25, -0.2) is 4.79 Å². The first-order valence-electron chi connectivity index (χ1n) is 26.4. The maximum Gasteiger partial charge on any atom is 0.362 e. The quantitative estimate of drug-likeness (QED) is 0.0281. The summed E-state index contributed by atoms with van der Waals surface area (Å²) < 4.78 is 17.3. The zero-order valence-corrected chi connectivity index (χ0v) is 43.3. The molecule has 2 atom stereocenters. The molecule has 0 rings (SSSR count). The molecule has 2 unspecified atom stereocenters. The van der Waals surface area contributed by atoms with Crippen LogP contribution in [0.1, 0.15) is 194 Å². The van der Waals surface area contributed by atoms with Crippen molar-refractivity contribution in [3.05, 3.63) is 109 Å². The third kappa shape index (κ3) is 46.9. The molecule has 0 radical (unpaired) electrons. The molecule has 1 N–H and O–H groups in total. The fourth-order valence-electron chi connectivity index (χ4n) is 7.17. The summed E-state index contributed by atoms with van der Waals surface area (Å²) in [7, 11) is 5.52. The van der Waals surface area contributed by atoms with Crippen LogP contribution in [-0.4, -0.2) is 80.6 Å². The van der Waals surface area contributed by atoms with Crippen LogP contribution >= 0.6 is 0 Å². The molecule has 0 aliphatic rings. The van der Waals surface area contributed by atoms with Crippen LogP contribution in [0.25, 0.3) is 0 Å². The number of esters is 2. The highest BCUT2D eigenvalue weighted by Crippen LogP contribution is 2.14. The van der Waals surface area contributed by atoms with Gasteiger partial charge in [-0.05, 0) is 96.3 Å². The Hall–Kier alpha value is -4.01. The first-order valence-corrected chi connectivity index (χ1v) is 26.4. The number of carbonyl (C=O) groups is 3. The van der Waals surface area contributed by atoms with Crippen LogP contribution in [0.4, 0.5) is 0 Å². The topological polar surface area (TPSA) is 99.1 Å². The van der Waals surface area contributed by atoms with Gasteiger partial charge >= 0.3 is 17.9 Å². The summed E-state index contributed by atoms with van der Waals surface area (Å²) in [6.45, 7) is 4.47. The van der Waals surface area contributed by atoms with E-state index in [1.165, 1.54) is 51.4 Å². The van der Waals surface area contributed by atoms with Crippen LogP contribution in [0, 0.1) is 0 Å². The number of nitrogens with zero attached hydrogens (tertiary/aromatic N) is 1. The Kier molecular flexibility index (Phi) is 45.5. The van der Waals surface area contributed by atoms with Crippen molar-refractivity contribution in [1.29, 1.82) is 0 Å². The van der Waals surface area contributed by atoms with Gasteiger partial charge in [-0.3, -0.25) is 9.59 Å². The summed E-state index contributed by atoms with van der Waals surface area (Å²) in [5.74, 6) is -1.51. The van der Waals surface area contributed by atoms with E-state index in [0.717, 1.165) is 109 Å². The summed E-state index contributed by atoms with van der Waals surface area (Å²) in [6.07, 6.45) is 67.1. The summed E-state index contributed by atoms with van der Waals surface area (Å²) in [5.41, 5.74) is 0. The SMILES string of the molecule is CC/C=C/C/C=C/C/C=C/C/C=C/C/C=C/CCCCCCC(=O)OC(COCCC(C(=O)O)[N+](C)(C)C)COC(=O)CCCCCCCCCCCC/C=C/C/C=C/C/C=C/C/C=C/CC. The van der Waals surface area contributed by atoms with Crippen molar-refractivity contribution in [2.45, 2.75) is 206 Å². The Balaban J connectivity index is 4.30. The van der Waals surface area contributed by atoms with Crippen molar-refractivity contribution in [1.82, 2.24) is 0 Å². The van der Waals surface area contributed by atoms with Gasteiger partial charge in [0.2, 0.25) is 0 Å². The van der Waals surface area contributed by atoms with E-state index in [9.17, 15) is 19.5 Å². The Morgan fingerprint density at radius 1 is 0.448 bits per heavy atom. The second kappa shape index (κ2) is 48.4. The van der Waals surface area contributed by atoms with Crippen molar-refractivity contribution in [3.63, 3.8) is 0 Å². The predicted molar refractivity (Wildman–Crippen MR) is 284 cm³/mol. The van der Waals surface area contributed by atoms with Gasteiger partial charge in [0, 0.05) is 19.3 Å². The summed E-state index contributed by atoms with van der Waals surface area (Å²) >= 11 is 0. The third-order valence-electron chi connectivity index (χ3n) is 11.2. The molecule has 0 aromatic rings. The molecule has 0 bridgehead atoms. The lowest BCUT2D eigenvalue weighted by atomic mass is 10.1. The molecule has 380 valence electrons. The molecule has 0 aromatic carbocycles. The lowest BCUT2D eigenvalue weighted by molar-refractivity contribution is -0.887. The Labute approximate surface area is 410 Å². The van der Waals surface area contributed by atoms with Crippen molar-refractivity contribution >= 4 is 17.9 Å². The van der Waals surface area contributed by atoms with Gasteiger partial charge in [-0.1, -0.05) is 187 Å². The third-order valence-corrected chi connectivity index (χ3v) is 11.2. The average molecular weight is 933 g/mol. The summed E-state index contributed by atoms with van der Waals surface area (Å²) in [6, 6.07) is -0.628. The minimum atomic E-state index is -0.884. The van der Waals surface area contributed by atoms with E-state index in [4.69, 9.17) is 14.2 Å². The zero-order valence-electron chi connectivity index (χ0n) is 43.3. The molecular weight excluding hydrogens is 835 g/mol. The highest BCUT2D eigenvalue weighted by Gasteiger charge is 2.31. The molecule has 8 nitrogen and oxygen atoms in total. The molecule has 67 heavy (non-hydrogen) atoms. The number of allylic oxidation sites excluding steroid dienone is 18. The number of ether oxygens (including phenoxy) is 3. The van der Waals surface area contributed by atoms with Gasteiger partial charge in [0.15, 0.2) is 12.1 Å². The average Bonchev–Trinajstić information content (AvgIpc) is 3.29. The van der Waals surface area contributed by atoms with Crippen LogP contribution in [0.15, 0.2) is 109 Å². The van der Waals surface area contributed by atoms with Gasteiger partial charge < -0.3 is 23.8 Å². The summed E-state index contributed by atoms with van der Waals surface area (Å²) in [5, 5.41) is 9.66. The molecular formula is C59H98NO7+. The first-order chi connectivity index (χ1) is 32.6. The van der Waals surface area contributed by atoms with Gasteiger partial charge in [0.05, 0.1) is 34.4 Å². The van der Waals surface area contributed by atoms with Crippen molar-refractivity contribution < 1.29 is 38.2 Å². The van der Waals surface area contributed by atoms with Crippen molar-refractivity contribution in [2.24, 2.45) is 0 Å². The normalized spacial score (nSPS) is 13.7. The number of carbonyl (C=O) groups excluding carboxylic acids is 2. The predicted octanol–water partition coefficient (Wildman–Crippen LogP) is 15.6. The van der Waals surface area contributed by atoms with Gasteiger partial charge in [0.25, 0.3) is 0 Å². The second-order valence-electron chi connectivity index (χ2n) is 18.4. The zero-order chi connectivity index (χ0) is 49.2. The number of hydrogen-bond donors (Lipinski definition) is 1. The molecule has 8 heteroatoms. The van der Waals surface area contributed by atoms with E-state index < -0.39 is 18.1 Å². The summed E-state index contributed by atoms with van der Waals surface area (Å²) in [4.78, 5) is 37.2. The Bertz CT molecular complexity index is 1460. The van der Waals surface area contributed by atoms with Crippen molar-refractivity contribution in [2.75, 3.05) is 41.0 Å². The number of carboxylic acids is 1. The smallest absolute Gasteiger partial charge is 0.362 e. The van der Waals surface area contributed by atoms with Crippen LogP contribution in [0.2, 0.25) is 0 Å². The number of rotatable bonds is 46. The van der Waals surface area contributed by atoms with Gasteiger partial charge in [0.1, 0.15) is 6.61 Å². The van der Waals surface area contributed by atoms with Crippen LogP contribution in [0.3, 0.4) is 0 Å². The van der Waals surface area contributed by atoms with Gasteiger partial charge in [-0.15, -0.1) is 0 Å². The van der Waals surface area contributed by atoms with Crippen LogP contribution in [-0.2, 0) is 28.6 Å². The molecule has 0 aromatic heterocycles. The van der Waals surface area contributed by atoms with E-state index in [2.05, 4.69) is 123 Å². The second-order valence-corrected chi connectivity index (χ2v) is 18.4. The van der Waals surface area contributed by atoms with E-state index in [1.54, 1.807) is 0 Å². The van der Waals surface area contributed by atoms with E-state index in [1.807, 2.05) is 21.1 Å². The van der Waals surface area contributed by atoms with E-state index in [-0.39, 0.29) is 36.2 Å². The molecule has 0 aliphatic carbocycles. The van der Waals surface area contributed by atoms with E-state index >= 15 is 0 Å².